The maximum atomic E-state index is 13.0. The summed E-state index contributed by atoms with van der Waals surface area (Å²) >= 11 is 12.2. The Hall–Kier alpha value is -1.96. The Bertz CT molecular complexity index is 951. The summed E-state index contributed by atoms with van der Waals surface area (Å²) in [4.78, 5) is 13.0. The Kier molecular flexibility index (Phi) is 7.57. The summed E-state index contributed by atoms with van der Waals surface area (Å²) in [7, 11) is -3.83. The number of sulfonamides is 1. The summed E-state index contributed by atoms with van der Waals surface area (Å²) in [6.45, 7) is 3.98. The summed E-state index contributed by atoms with van der Waals surface area (Å²) in [6, 6.07) is 10.4. The molecule has 0 fully saturated rings. The molecule has 1 N–H and O–H groups in total. The molecule has 28 heavy (non-hydrogen) atoms. The second-order valence-electron chi connectivity index (χ2n) is 6.00. The Balaban J connectivity index is 2.44. The molecule has 0 aromatic heterocycles. The predicted molar refractivity (Wildman–Crippen MR) is 114 cm³/mol. The van der Waals surface area contributed by atoms with Crippen molar-refractivity contribution < 1.29 is 17.9 Å². The van der Waals surface area contributed by atoms with E-state index < -0.39 is 22.0 Å². The number of carbonyl (C=O) groups excluding carboxylic acids is 1. The molecular weight excluding hydrogens is 423 g/mol. The summed E-state index contributed by atoms with van der Waals surface area (Å²) in [6.07, 6.45) is 1.24. The summed E-state index contributed by atoms with van der Waals surface area (Å²) < 4.78 is 31.6. The third kappa shape index (κ3) is 5.31. The molecular formula is C19H22Cl2N2O4S. The van der Waals surface area contributed by atoms with E-state index in [0.29, 0.717) is 23.1 Å². The molecule has 0 aliphatic rings. The number of anilines is 2. The lowest BCUT2D eigenvalue weighted by atomic mass is 10.1. The molecule has 1 atom stereocenters. The number of ether oxygens (including phenoxy) is 1. The third-order valence-corrected chi connectivity index (χ3v) is 5.64. The van der Waals surface area contributed by atoms with Crippen molar-refractivity contribution in [3.63, 3.8) is 0 Å². The fourth-order valence-electron chi connectivity index (χ4n) is 2.76. The third-order valence-electron chi connectivity index (χ3n) is 3.92. The predicted octanol–water partition coefficient (Wildman–Crippen LogP) is 4.58. The maximum Gasteiger partial charge on any atom is 0.248 e. The highest BCUT2D eigenvalue weighted by atomic mass is 35.5. The highest BCUT2D eigenvalue weighted by Gasteiger charge is 2.33. The van der Waals surface area contributed by atoms with Gasteiger partial charge >= 0.3 is 0 Å². The monoisotopic (exact) mass is 444 g/mol. The highest BCUT2D eigenvalue weighted by molar-refractivity contribution is 7.92. The van der Waals surface area contributed by atoms with Crippen LogP contribution in [0, 0.1) is 0 Å². The first-order valence-corrected chi connectivity index (χ1v) is 11.3. The first-order valence-electron chi connectivity index (χ1n) is 8.66. The molecule has 2 aromatic carbocycles. The van der Waals surface area contributed by atoms with Gasteiger partial charge in [-0.25, -0.2) is 8.42 Å². The lowest BCUT2D eigenvalue weighted by Gasteiger charge is -2.31. The quantitative estimate of drug-likeness (QED) is 0.646. The van der Waals surface area contributed by atoms with Crippen molar-refractivity contribution in [2.75, 3.05) is 22.5 Å². The van der Waals surface area contributed by atoms with E-state index in [1.807, 2.05) is 6.92 Å². The first kappa shape index (κ1) is 22.3. The van der Waals surface area contributed by atoms with Crippen LogP contribution in [0.4, 0.5) is 11.4 Å². The van der Waals surface area contributed by atoms with Gasteiger partial charge in [0.25, 0.3) is 0 Å². The van der Waals surface area contributed by atoms with Crippen LogP contribution >= 0.6 is 23.2 Å². The minimum atomic E-state index is -3.83. The largest absolute Gasteiger partial charge is 0.492 e. The van der Waals surface area contributed by atoms with Crippen molar-refractivity contribution >= 4 is 50.5 Å². The van der Waals surface area contributed by atoms with Gasteiger partial charge in [0.15, 0.2) is 0 Å². The van der Waals surface area contributed by atoms with E-state index >= 15 is 0 Å². The molecule has 0 aliphatic carbocycles. The number of amides is 1. The molecule has 0 radical (unpaired) electrons. The van der Waals surface area contributed by atoms with Gasteiger partial charge in [-0.05, 0) is 43.7 Å². The van der Waals surface area contributed by atoms with Crippen molar-refractivity contribution in [2.24, 2.45) is 0 Å². The molecule has 0 unspecified atom stereocenters. The van der Waals surface area contributed by atoms with Crippen LogP contribution < -0.4 is 14.4 Å². The number of nitrogens with one attached hydrogen (secondary N) is 1. The lowest BCUT2D eigenvalue weighted by Crippen LogP contribution is -2.47. The summed E-state index contributed by atoms with van der Waals surface area (Å²) in [5, 5.41) is 3.24. The number of hydrogen-bond acceptors (Lipinski definition) is 4. The molecule has 6 nitrogen and oxygen atoms in total. The molecule has 152 valence electrons. The van der Waals surface area contributed by atoms with Gasteiger partial charge in [0.1, 0.15) is 11.8 Å². The second-order valence-corrected chi connectivity index (χ2v) is 8.70. The van der Waals surface area contributed by atoms with Gasteiger partial charge in [0, 0.05) is 5.02 Å². The minimum absolute atomic E-state index is 0.150. The van der Waals surface area contributed by atoms with E-state index in [1.54, 1.807) is 37.3 Å². The van der Waals surface area contributed by atoms with Crippen LogP contribution in [0.15, 0.2) is 42.5 Å². The SMILES string of the molecule is CCOc1ccccc1NC(=O)[C@H](CC)N(c1cc(Cl)ccc1Cl)S(C)(=O)=O. The Labute approximate surface area is 175 Å². The zero-order valence-corrected chi connectivity index (χ0v) is 18.1. The average Bonchev–Trinajstić information content (AvgIpc) is 2.62. The molecule has 2 aromatic rings. The average molecular weight is 445 g/mol. The van der Waals surface area contributed by atoms with Crippen LogP contribution in [0.25, 0.3) is 0 Å². The zero-order chi connectivity index (χ0) is 20.9. The highest BCUT2D eigenvalue weighted by Crippen LogP contribution is 2.33. The van der Waals surface area contributed by atoms with E-state index in [2.05, 4.69) is 5.32 Å². The Morgan fingerprint density at radius 3 is 2.46 bits per heavy atom. The van der Waals surface area contributed by atoms with Gasteiger partial charge < -0.3 is 10.1 Å². The van der Waals surface area contributed by atoms with E-state index in [0.717, 1.165) is 10.6 Å². The van der Waals surface area contributed by atoms with Gasteiger partial charge in [-0.15, -0.1) is 0 Å². The van der Waals surface area contributed by atoms with Crippen LogP contribution in [0.3, 0.4) is 0 Å². The molecule has 0 bridgehead atoms. The van der Waals surface area contributed by atoms with Gasteiger partial charge in [0.2, 0.25) is 15.9 Å². The zero-order valence-electron chi connectivity index (χ0n) is 15.8. The summed E-state index contributed by atoms with van der Waals surface area (Å²) in [5.74, 6) is -0.00369. The fraction of sp³-hybridized carbons (Fsp3) is 0.316. The number of rotatable bonds is 8. The fourth-order valence-corrected chi connectivity index (χ4v) is 4.40. The van der Waals surface area contributed by atoms with E-state index in [4.69, 9.17) is 27.9 Å². The van der Waals surface area contributed by atoms with Crippen molar-refractivity contribution in [3.05, 3.63) is 52.5 Å². The van der Waals surface area contributed by atoms with E-state index in [1.165, 1.54) is 12.1 Å². The van der Waals surface area contributed by atoms with Gasteiger partial charge in [0.05, 0.1) is 29.3 Å². The van der Waals surface area contributed by atoms with Crippen molar-refractivity contribution in [1.29, 1.82) is 0 Å². The number of halogens is 2. The van der Waals surface area contributed by atoms with Gasteiger partial charge in [-0.1, -0.05) is 42.3 Å². The number of para-hydroxylation sites is 2. The first-order chi connectivity index (χ1) is 13.2. The van der Waals surface area contributed by atoms with Crippen LogP contribution in [-0.4, -0.2) is 33.2 Å². The van der Waals surface area contributed by atoms with Crippen molar-refractivity contribution in [1.82, 2.24) is 0 Å². The maximum absolute atomic E-state index is 13.0. The minimum Gasteiger partial charge on any atom is -0.492 e. The molecule has 2 rings (SSSR count). The van der Waals surface area contributed by atoms with Crippen molar-refractivity contribution in [2.45, 2.75) is 26.3 Å². The number of carbonyl (C=O) groups is 1. The molecule has 0 aliphatic heterocycles. The number of nitrogens with zero attached hydrogens (tertiary/aromatic N) is 1. The van der Waals surface area contributed by atoms with Crippen molar-refractivity contribution in [3.8, 4) is 5.75 Å². The molecule has 0 spiro atoms. The molecule has 0 heterocycles. The van der Waals surface area contributed by atoms with Crippen LogP contribution in [0.2, 0.25) is 10.0 Å². The molecule has 9 heteroatoms. The smallest absolute Gasteiger partial charge is 0.248 e. The standard InChI is InChI=1S/C19H22Cl2N2O4S/c1-4-16(19(24)22-15-8-6-7-9-18(15)27-5-2)23(28(3,25)26)17-12-13(20)10-11-14(17)21/h6-12,16H,4-5H2,1-3H3,(H,22,24)/t16-/m0/s1. The number of hydrogen-bond donors (Lipinski definition) is 1. The normalized spacial score (nSPS) is 12.3. The molecule has 1 amide bonds. The topological polar surface area (TPSA) is 75.7 Å². The Morgan fingerprint density at radius 1 is 1.18 bits per heavy atom. The molecule has 0 saturated carbocycles. The van der Waals surface area contributed by atoms with Gasteiger partial charge in [-0.3, -0.25) is 9.10 Å². The van der Waals surface area contributed by atoms with Crippen LogP contribution in [-0.2, 0) is 14.8 Å². The molecule has 0 saturated heterocycles. The summed E-state index contributed by atoms with van der Waals surface area (Å²) in [5.41, 5.74) is 0.607. The van der Waals surface area contributed by atoms with E-state index in [-0.39, 0.29) is 17.1 Å². The van der Waals surface area contributed by atoms with Crippen LogP contribution in [0.1, 0.15) is 20.3 Å². The second kappa shape index (κ2) is 9.49. The lowest BCUT2D eigenvalue weighted by molar-refractivity contribution is -0.117. The van der Waals surface area contributed by atoms with E-state index in [9.17, 15) is 13.2 Å². The van der Waals surface area contributed by atoms with Gasteiger partial charge in [-0.2, -0.15) is 0 Å². The number of benzene rings is 2. The van der Waals surface area contributed by atoms with Crippen LogP contribution in [0.5, 0.6) is 5.75 Å². The Morgan fingerprint density at radius 2 is 1.86 bits per heavy atom.